The fourth-order valence-corrected chi connectivity index (χ4v) is 2.58. The first-order chi connectivity index (χ1) is 9.81. The molecule has 0 atom stereocenters. The molecule has 0 rings (SSSR count). The molecule has 0 fully saturated rings. The highest BCUT2D eigenvalue weighted by atomic mass is 16.3. The Hall–Kier alpha value is -0.660. The van der Waals surface area contributed by atoms with Gasteiger partial charge in [0.15, 0.2) is 0 Å². The molecular weight excluding hydrogens is 246 g/mol. The van der Waals surface area contributed by atoms with Gasteiger partial charge in [0.25, 0.3) is 0 Å². The van der Waals surface area contributed by atoms with E-state index in [-0.39, 0.29) is 0 Å². The molecule has 0 spiro atoms. The Bertz CT molecular complexity index is 213. The largest absolute Gasteiger partial charge is 0.511 e. The minimum atomic E-state index is 0.337. The summed E-state index contributed by atoms with van der Waals surface area (Å²) in [4.78, 5) is 0. The lowest BCUT2D eigenvalue weighted by Crippen LogP contribution is -1.88. The Balaban J connectivity index is 2.99. The van der Waals surface area contributed by atoms with Gasteiger partial charge in [-0.25, -0.2) is 0 Å². The summed E-state index contributed by atoms with van der Waals surface area (Å²) in [6.07, 6.45) is 21.2. The van der Waals surface area contributed by atoms with Gasteiger partial charge < -0.3 is 10.8 Å². The second-order valence-corrected chi connectivity index (χ2v) is 6.00. The Morgan fingerprint density at radius 3 is 1.40 bits per heavy atom. The molecule has 20 heavy (non-hydrogen) atoms. The van der Waals surface area contributed by atoms with Gasteiger partial charge in [-0.2, -0.15) is 0 Å². The minimum absolute atomic E-state index is 0.337. The minimum Gasteiger partial charge on any atom is -0.511 e. The number of nitrogens with two attached hydrogens (primary N) is 1. The molecule has 0 heterocycles. The summed E-state index contributed by atoms with van der Waals surface area (Å²) < 4.78 is 0. The van der Waals surface area contributed by atoms with Crippen LogP contribution in [0, 0.1) is 0 Å². The van der Waals surface area contributed by atoms with E-state index in [1.54, 1.807) is 0 Å². The fourth-order valence-electron chi connectivity index (χ4n) is 2.58. The summed E-state index contributed by atoms with van der Waals surface area (Å²) in [7, 11) is 0. The van der Waals surface area contributed by atoms with Crippen LogP contribution in [0.2, 0.25) is 0 Å². The van der Waals surface area contributed by atoms with Gasteiger partial charge in [0.1, 0.15) is 5.76 Å². The molecular formula is C18H37NO. The van der Waals surface area contributed by atoms with E-state index >= 15 is 0 Å². The Labute approximate surface area is 126 Å². The molecule has 0 bridgehead atoms. The molecule has 0 radical (unpaired) electrons. The van der Waals surface area contributed by atoms with Crippen LogP contribution >= 0.6 is 0 Å². The van der Waals surface area contributed by atoms with Gasteiger partial charge in [-0.15, -0.1) is 0 Å². The van der Waals surface area contributed by atoms with Crippen molar-refractivity contribution in [1.29, 1.82) is 0 Å². The third-order valence-corrected chi connectivity index (χ3v) is 3.98. The summed E-state index contributed by atoms with van der Waals surface area (Å²) >= 11 is 0. The van der Waals surface area contributed by atoms with Crippen LogP contribution in [0.3, 0.4) is 0 Å². The highest BCUT2D eigenvalue weighted by Gasteiger charge is 1.95. The number of hydrogen-bond acceptors (Lipinski definition) is 2. The Kier molecular flexibility index (Phi) is 15.9. The normalized spacial score (nSPS) is 11.9. The molecule has 0 aliphatic heterocycles. The molecule has 0 aromatic rings. The average molecular weight is 283 g/mol. The standard InChI is InChI=1S/C18H37NO/c1-2-3-4-5-6-7-8-9-10-11-12-13-14-15-16-18(20)17-19/h17,20H,2-16,19H2,1H3. The number of allylic oxidation sites excluding steroid dienone is 1. The van der Waals surface area contributed by atoms with Gasteiger partial charge in [-0.1, -0.05) is 90.4 Å². The van der Waals surface area contributed by atoms with Crippen molar-refractivity contribution in [3.8, 4) is 0 Å². The lowest BCUT2D eigenvalue weighted by atomic mass is 10.0. The molecule has 0 aliphatic rings. The monoisotopic (exact) mass is 283 g/mol. The molecule has 0 saturated heterocycles. The van der Waals surface area contributed by atoms with Crippen molar-refractivity contribution in [3.05, 3.63) is 12.0 Å². The number of aliphatic hydroxyl groups excluding tert-OH is 1. The van der Waals surface area contributed by atoms with E-state index in [1.165, 1.54) is 89.7 Å². The van der Waals surface area contributed by atoms with Crippen molar-refractivity contribution in [2.75, 3.05) is 0 Å². The number of hydrogen-bond donors (Lipinski definition) is 2. The second-order valence-electron chi connectivity index (χ2n) is 6.00. The average Bonchev–Trinajstić information content (AvgIpc) is 2.47. The van der Waals surface area contributed by atoms with Crippen LogP contribution in [-0.4, -0.2) is 5.11 Å². The maximum absolute atomic E-state index is 9.19. The van der Waals surface area contributed by atoms with Gasteiger partial charge >= 0.3 is 0 Å². The summed E-state index contributed by atoms with van der Waals surface area (Å²) in [6, 6.07) is 0. The first kappa shape index (κ1) is 19.3. The molecule has 0 aromatic heterocycles. The third-order valence-electron chi connectivity index (χ3n) is 3.98. The zero-order valence-corrected chi connectivity index (χ0v) is 13.7. The highest BCUT2D eigenvalue weighted by molar-refractivity contribution is 4.85. The molecule has 3 N–H and O–H groups in total. The number of unbranched alkanes of at least 4 members (excludes halogenated alkanes) is 13. The maximum atomic E-state index is 9.19. The third kappa shape index (κ3) is 15.4. The molecule has 2 nitrogen and oxygen atoms in total. The van der Waals surface area contributed by atoms with Gasteiger partial charge in [0, 0.05) is 12.6 Å². The van der Waals surface area contributed by atoms with E-state index in [0.717, 1.165) is 12.8 Å². The van der Waals surface area contributed by atoms with Crippen LogP contribution in [0.1, 0.15) is 103 Å². The van der Waals surface area contributed by atoms with Crippen molar-refractivity contribution in [2.45, 2.75) is 103 Å². The SMILES string of the molecule is CCCCCCCCCCCCCCCCC(O)=CN. The number of rotatable bonds is 15. The number of aliphatic hydroxyl groups is 1. The second kappa shape index (κ2) is 16.4. The summed E-state index contributed by atoms with van der Waals surface area (Å²) in [5.74, 6) is 0.337. The lowest BCUT2D eigenvalue weighted by Gasteiger charge is -2.03. The van der Waals surface area contributed by atoms with Crippen LogP contribution in [0.15, 0.2) is 12.0 Å². The molecule has 0 saturated carbocycles. The van der Waals surface area contributed by atoms with Crippen LogP contribution < -0.4 is 5.73 Å². The smallest absolute Gasteiger partial charge is 0.108 e. The quantitative estimate of drug-likeness (QED) is 0.277. The molecule has 0 unspecified atom stereocenters. The summed E-state index contributed by atoms with van der Waals surface area (Å²) in [5.41, 5.74) is 5.21. The molecule has 0 aliphatic carbocycles. The zero-order chi connectivity index (χ0) is 14.9. The zero-order valence-electron chi connectivity index (χ0n) is 13.7. The molecule has 0 amide bonds. The van der Waals surface area contributed by atoms with Crippen molar-refractivity contribution in [3.63, 3.8) is 0 Å². The van der Waals surface area contributed by atoms with E-state index in [9.17, 15) is 5.11 Å². The van der Waals surface area contributed by atoms with E-state index in [1.807, 2.05) is 0 Å². The fraction of sp³-hybridized carbons (Fsp3) is 0.889. The van der Waals surface area contributed by atoms with Crippen LogP contribution in [-0.2, 0) is 0 Å². The molecule has 0 aromatic carbocycles. The first-order valence-electron chi connectivity index (χ1n) is 8.91. The molecule has 2 heteroatoms. The predicted molar refractivity (Wildman–Crippen MR) is 89.8 cm³/mol. The first-order valence-corrected chi connectivity index (χ1v) is 8.91. The Morgan fingerprint density at radius 1 is 0.700 bits per heavy atom. The van der Waals surface area contributed by atoms with Crippen molar-refractivity contribution < 1.29 is 5.11 Å². The van der Waals surface area contributed by atoms with Crippen molar-refractivity contribution in [2.24, 2.45) is 5.73 Å². The van der Waals surface area contributed by atoms with E-state index in [4.69, 9.17) is 5.73 Å². The van der Waals surface area contributed by atoms with Gasteiger partial charge in [0.2, 0.25) is 0 Å². The van der Waals surface area contributed by atoms with Crippen LogP contribution in [0.5, 0.6) is 0 Å². The van der Waals surface area contributed by atoms with E-state index in [2.05, 4.69) is 6.92 Å². The summed E-state index contributed by atoms with van der Waals surface area (Å²) in [6.45, 7) is 2.28. The predicted octanol–water partition coefficient (Wildman–Crippen LogP) is 6.22. The summed E-state index contributed by atoms with van der Waals surface area (Å²) in [5, 5.41) is 9.19. The van der Waals surface area contributed by atoms with Crippen molar-refractivity contribution >= 4 is 0 Å². The van der Waals surface area contributed by atoms with Gasteiger partial charge in [-0.3, -0.25) is 0 Å². The maximum Gasteiger partial charge on any atom is 0.108 e. The van der Waals surface area contributed by atoms with E-state index < -0.39 is 0 Å². The topological polar surface area (TPSA) is 46.2 Å². The van der Waals surface area contributed by atoms with Crippen LogP contribution in [0.4, 0.5) is 0 Å². The van der Waals surface area contributed by atoms with E-state index in [0.29, 0.717) is 5.76 Å². The molecule has 120 valence electrons. The lowest BCUT2D eigenvalue weighted by molar-refractivity contribution is 0.378. The van der Waals surface area contributed by atoms with Gasteiger partial charge in [-0.05, 0) is 6.42 Å². The highest BCUT2D eigenvalue weighted by Crippen LogP contribution is 2.13. The Morgan fingerprint density at radius 2 is 1.05 bits per heavy atom. The van der Waals surface area contributed by atoms with Crippen molar-refractivity contribution in [1.82, 2.24) is 0 Å². The van der Waals surface area contributed by atoms with Crippen LogP contribution in [0.25, 0.3) is 0 Å². The van der Waals surface area contributed by atoms with Gasteiger partial charge in [0.05, 0.1) is 0 Å².